The number of hydrogen-bond acceptors (Lipinski definition) is 4. The number of rotatable bonds is 3. The van der Waals surface area contributed by atoms with Gasteiger partial charge in [0.2, 0.25) is 0 Å². The third-order valence-electron chi connectivity index (χ3n) is 4.58. The average Bonchev–Trinajstić information content (AvgIpc) is 2.85. The first-order valence-electron chi connectivity index (χ1n) is 8.18. The van der Waals surface area contributed by atoms with Gasteiger partial charge in [-0.1, -0.05) is 23.7 Å². The number of aromatic nitrogens is 2. The standard InChI is InChI=1S/C18H21ClN2O4/c1-9(2)25-17(23)15-13(10-4-6-11(19)7-5-10)14-12(8-18(15,3)24)20-21-16(14)22/h4-7,9,13,15,24H,8H2,1-3H3,(H2,20,21,22)/t13-,15-,18-/m0/s1. The van der Waals surface area contributed by atoms with Gasteiger partial charge in [-0.25, -0.2) is 0 Å². The van der Waals surface area contributed by atoms with Crippen LogP contribution in [0.4, 0.5) is 0 Å². The molecule has 1 aliphatic rings. The van der Waals surface area contributed by atoms with Crippen molar-refractivity contribution in [1.29, 1.82) is 0 Å². The molecule has 0 radical (unpaired) electrons. The lowest BCUT2D eigenvalue weighted by molar-refractivity contribution is -0.163. The molecular weight excluding hydrogens is 344 g/mol. The number of benzene rings is 1. The van der Waals surface area contributed by atoms with Crippen LogP contribution >= 0.6 is 11.6 Å². The molecule has 0 amide bonds. The van der Waals surface area contributed by atoms with E-state index < -0.39 is 23.4 Å². The number of halogens is 1. The van der Waals surface area contributed by atoms with Crippen molar-refractivity contribution in [1.82, 2.24) is 10.2 Å². The monoisotopic (exact) mass is 364 g/mol. The zero-order valence-electron chi connectivity index (χ0n) is 14.3. The topological polar surface area (TPSA) is 95.2 Å². The molecule has 3 rings (SSSR count). The number of H-pyrrole nitrogens is 2. The molecule has 1 aliphatic carbocycles. The molecule has 0 spiro atoms. The van der Waals surface area contributed by atoms with Crippen LogP contribution in [0.2, 0.25) is 5.02 Å². The van der Waals surface area contributed by atoms with Gasteiger partial charge >= 0.3 is 5.97 Å². The molecule has 2 aromatic rings. The Labute approximate surface area is 150 Å². The minimum Gasteiger partial charge on any atom is -0.463 e. The Balaban J connectivity index is 2.18. The van der Waals surface area contributed by atoms with E-state index in [1.165, 1.54) is 0 Å². The second-order valence-electron chi connectivity index (χ2n) is 7.00. The summed E-state index contributed by atoms with van der Waals surface area (Å²) in [5, 5.41) is 16.9. The Bertz CT molecular complexity index is 836. The highest BCUT2D eigenvalue weighted by atomic mass is 35.5. The fourth-order valence-electron chi connectivity index (χ4n) is 3.59. The van der Waals surface area contributed by atoms with E-state index in [9.17, 15) is 14.7 Å². The van der Waals surface area contributed by atoms with Crippen LogP contribution in [0, 0.1) is 5.92 Å². The summed E-state index contributed by atoms with van der Waals surface area (Å²) in [6.07, 6.45) is -0.164. The molecule has 0 aliphatic heterocycles. The molecule has 25 heavy (non-hydrogen) atoms. The fraction of sp³-hybridized carbons (Fsp3) is 0.444. The molecule has 134 valence electrons. The van der Waals surface area contributed by atoms with Crippen LogP contribution in [-0.4, -0.2) is 33.0 Å². The van der Waals surface area contributed by atoms with Crippen LogP contribution < -0.4 is 5.56 Å². The predicted molar refractivity (Wildman–Crippen MR) is 93.8 cm³/mol. The number of nitrogens with one attached hydrogen (secondary N) is 2. The number of aliphatic hydroxyl groups is 1. The predicted octanol–water partition coefficient (Wildman–Crippen LogP) is 2.36. The van der Waals surface area contributed by atoms with Crippen molar-refractivity contribution in [3.05, 3.63) is 56.5 Å². The van der Waals surface area contributed by atoms with Crippen molar-refractivity contribution in [3.63, 3.8) is 0 Å². The number of carbonyl (C=O) groups is 1. The molecule has 0 saturated carbocycles. The summed E-state index contributed by atoms with van der Waals surface area (Å²) in [6.45, 7) is 5.10. The van der Waals surface area contributed by atoms with Gasteiger partial charge in [0.25, 0.3) is 5.56 Å². The van der Waals surface area contributed by atoms with Gasteiger partial charge in [0.05, 0.1) is 17.6 Å². The van der Waals surface area contributed by atoms with E-state index in [4.69, 9.17) is 16.3 Å². The lowest BCUT2D eigenvalue weighted by Crippen LogP contribution is -2.50. The molecule has 1 heterocycles. The largest absolute Gasteiger partial charge is 0.463 e. The second kappa shape index (κ2) is 6.35. The Kier molecular flexibility index (Phi) is 4.51. The average molecular weight is 365 g/mol. The highest BCUT2D eigenvalue weighted by Crippen LogP contribution is 2.44. The third kappa shape index (κ3) is 3.24. The zero-order valence-corrected chi connectivity index (χ0v) is 15.1. The quantitative estimate of drug-likeness (QED) is 0.728. The summed E-state index contributed by atoms with van der Waals surface area (Å²) in [4.78, 5) is 25.2. The summed E-state index contributed by atoms with van der Waals surface area (Å²) in [5.74, 6) is -2.05. The van der Waals surface area contributed by atoms with Crippen molar-refractivity contribution in [2.24, 2.45) is 5.92 Å². The molecule has 0 saturated heterocycles. The van der Waals surface area contributed by atoms with Gasteiger partial charge in [0.1, 0.15) is 0 Å². The summed E-state index contributed by atoms with van der Waals surface area (Å²) in [6, 6.07) is 6.93. The van der Waals surface area contributed by atoms with Crippen molar-refractivity contribution >= 4 is 17.6 Å². The van der Waals surface area contributed by atoms with Gasteiger partial charge in [-0.2, -0.15) is 0 Å². The highest BCUT2D eigenvalue weighted by molar-refractivity contribution is 6.30. The van der Waals surface area contributed by atoms with Crippen LogP contribution in [0.3, 0.4) is 0 Å². The number of fused-ring (bicyclic) bond motifs is 1. The number of esters is 1. The van der Waals surface area contributed by atoms with Crippen LogP contribution in [0.5, 0.6) is 0 Å². The van der Waals surface area contributed by atoms with Crippen molar-refractivity contribution in [2.75, 3.05) is 0 Å². The highest BCUT2D eigenvalue weighted by Gasteiger charge is 2.51. The lowest BCUT2D eigenvalue weighted by atomic mass is 9.66. The molecular formula is C18H21ClN2O4. The summed E-state index contributed by atoms with van der Waals surface area (Å²) in [5.41, 5.74) is 0.117. The maximum Gasteiger partial charge on any atom is 0.313 e. The van der Waals surface area contributed by atoms with E-state index in [0.717, 1.165) is 5.56 Å². The number of carbonyl (C=O) groups excluding carboxylic acids is 1. The number of aromatic amines is 2. The van der Waals surface area contributed by atoms with E-state index in [1.54, 1.807) is 45.0 Å². The smallest absolute Gasteiger partial charge is 0.313 e. The lowest BCUT2D eigenvalue weighted by Gasteiger charge is -2.40. The van der Waals surface area contributed by atoms with Crippen LogP contribution in [0.25, 0.3) is 0 Å². The van der Waals surface area contributed by atoms with Crippen LogP contribution in [0.1, 0.15) is 43.5 Å². The maximum absolute atomic E-state index is 12.8. The first kappa shape index (κ1) is 17.8. The van der Waals surface area contributed by atoms with Crippen LogP contribution in [0.15, 0.2) is 29.1 Å². The molecule has 1 aromatic heterocycles. The van der Waals surface area contributed by atoms with Gasteiger partial charge in [0, 0.05) is 28.6 Å². The Hall–Kier alpha value is -2.05. The molecule has 3 N–H and O–H groups in total. The molecule has 3 atom stereocenters. The van der Waals surface area contributed by atoms with Crippen LogP contribution in [-0.2, 0) is 16.0 Å². The fourth-order valence-corrected chi connectivity index (χ4v) is 3.72. The van der Waals surface area contributed by atoms with Gasteiger partial charge in [-0.3, -0.25) is 14.7 Å². The van der Waals surface area contributed by atoms with Gasteiger partial charge in [-0.05, 0) is 38.5 Å². The Morgan fingerprint density at radius 1 is 1.32 bits per heavy atom. The normalized spacial score (nSPS) is 25.7. The molecule has 6 nitrogen and oxygen atoms in total. The van der Waals surface area contributed by atoms with E-state index in [-0.39, 0.29) is 18.1 Å². The zero-order chi connectivity index (χ0) is 18.4. The summed E-state index contributed by atoms with van der Waals surface area (Å²) < 4.78 is 5.38. The van der Waals surface area contributed by atoms with Crippen molar-refractivity contribution in [3.8, 4) is 0 Å². The maximum atomic E-state index is 12.8. The van der Waals surface area contributed by atoms with E-state index >= 15 is 0 Å². The molecule has 7 heteroatoms. The summed E-state index contributed by atoms with van der Waals surface area (Å²) in [7, 11) is 0. The molecule has 0 fully saturated rings. The molecule has 0 bridgehead atoms. The minimum absolute atomic E-state index is 0.156. The van der Waals surface area contributed by atoms with Gasteiger partial charge in [0.15, 0.2) is 0 Å². The van der Waals surface area contributed by atoms with E-state index in [2.05, 4.69) is 10.2 Å². The first-order chi connectivity index (χ1) is 11.7. The third-order valence-corrected chi connectivity index (χ3v) is 4.83. The molecule has 0 unspecified atom stereocenters. The van der Waals surface area contributed by atoms with Crippen molar-refractivity contribution in [2.45, 2.75) is 44.8 Å². The summed E-state index contributed by atoms with van der Waals surface area (Å²) >= 11 is 5.97. The first-order valence-corrected chi connectivity index (χ1v) is 8.56. The second-order valence-corrected chi connectivity index (χ2v) is 7.43. The van der Waals surface area contributed by atoms with Gasteiger partial charge < -0.3 is 14.9 Å². The van der Waals surface area contributed by atoms with Crippen molar-refractivity contribution < 1.29 is 14.6 Å². The number of hydrogen-bond donors (Lipinski definition) is 3. The van der Waals surface area contributed by atoms with Gasteiger partial charge in [-0.15, -0.1) is 0 Å². The van der Waals surface area contributed by atoms with E-state index in [1.807, 2.05) is 0 Å². The van der Waals surface area contributed by atoms with E-state index in [0.29, 0.717) is 16.3 Å². The Morgan fingerprint density at radius 2 is 1.96 bits per heavy atom. The number of ether oxygens (including phenoxy) is 1. The molecule has 1 aromatic carbocycles. The minimum atomic E-state index is -1.37. The SMILES string of the molecule is CC(C)OC(=O)[C@@H]1[C@@H](c2ccc(Cl)cc2)c2c([nH][nH]c2=O)C[C@]1(C)O. The Morgan fingerprint density at radius 3 is 2.56 bits per heavy atom.